The third-order valence-corrected chi connectivity index (χ3v) is 5.14. The van der Waals surface area contributed by atoms with E-state index in [1.807, 2.05) is 0 Å². The van der Waals surface area contributed by atoms with Gasteiger partial charge in [0.25, 0.3) is 5.91 Å². The van der Waals surface area contributed by atoms with Crippen molar-refractivity contribution in [2.45, 2.75) is 20.8 Å². The predicted molar refractivity (Wildman–Crippen MR) is 112 cm³/mol. The maximum Gasteiger partial charge on any atom is 0.348 e. The highest BCUT2D eigenvalue weighted by molar-refractivity contribution is 7.18. The van der Waals surface area contributed by atoms with Gasteiger partial charge in [0, 0.05) is 5.56 Å². The Morgan fingerprint density at radius 3 is 2.13 bits per heavy atom. The SMILES string of the molecule is CCOC(=O)c1sc(NC(=O)COC(=O)c2ccc(C=O)cc2)c(C(=O)OCC)c1C. The Hall–Kier alpha value is -3.53. The van der Waals surface area contributed by atoms with Gasteiger partial charge in [-0.25, -0.2) is 14.4 Å². The topological polar surface area (TPSA) is 125 Å². The molecule has 0 aliphatic heterocycles. The van der Waals surface area contributed by atoms with Crippen molar-refractivity contribution < 1.29 is 38.2 Å². The number of aldehydes is 1. The van der Waals surface area contributed by atoms with Crippen LogP contribution in [0.5, 0.6) is 0 Å². The van der Waals surface area contributed by atoms with Crippen LogP contribution in [0.2, 0.25) is 0 Å². The van der Waals surface area contributed by atoms with E-state index in [9.17, 15) is 24.0 Å². The fourth-order valence-electron chi connectivity index (χ4n) is 2.52. The van der Waals surface area contributed by atoms with Crippen LogP contribution in [0.3, 0.4) is 0 Å². The number of amides is 1. The zero-order valence-corrected chi connectivity index (χ0v) is 18.0. The molecule has 1 N–H and O–H groups in total. The van der Waals surface area contributed by atoms with Crippen LogP contribution in [0.15, 0.2) is 24.3 Å². The van der Waals surface area contributed by atoms with Crippen molar-refractivity contribution in [3.05, 3.63) is 51.4 Å². The maximum atomic E-state index is 12.3. The average molecular weight is 447 g/mol. The first-order valence-corrected chi connectivity index (χ1v) is 10.1. The van der Waals surface area contributed by atoms with E-state index in [-0.39, 0.29) is 34.2 Å². The van der Waals surface area contributed by atoms with Crippen molar-refractivity contribution >= 4 is 46.4 Å². The molecule has 0 saturated carbocycles. The number of anilines is 1. The lowest BCUT2D eigenvalue weighted by molar-refractivity contribution is -0.119. The number of benzene rings is 1. The van der Waals surface area contributed by atoms with Gasteiger partial charge in [-0.15, -0.1) is 11.3 Å². The Balaban J connectivity index is 2.13. The minimum Gasteiger partial charge on any atom is -0.462 e. The lowest BCUT2D eigenvalue weighted by atomic mass is 10.1. The van der Waals surface area contributed by atoms with Crippen LogP contribution in [-0.4, -0.2) is 49.9 Å². The minimum absolute atomic E-state index is 0.0408. The van der Waals surface area contributed by atoms with Crippen molar-refractivity contribution in [3.8, 4) is 0 Å². The van der Waals surface area contributed by atoms with Crippen LogP contribution >= 0.6 is 11.3 Å². The molecule has 0 saturated heterocycles. The molecular weight excluding hydrogens is 426 g/mol. The van der Waals surface area contributed by atoms with Gasteiger partial charge in [0.05, 0.1) is 24.3 Å². The molecule has 9 nitrogen and oxygen atoms in total. The molecule has 0 atom stereocenters. The summed E-state index contributed by atoms with van der Waals surface area (Å²) >= 11 is 0.871. The highest BCUT2D eigenvalue weighted by Crippen LogP contribution is 2.34. The standard InChI is InChI=1S/C21H21NO8S/c1-4-28-20(26)16-12(3)17(21(27)29-5-2)31-18(16)22-15(24)11-30-19(25)14-8-6-13(10-23)7-9-14/h6-10H,4-5,11H2,1-3H3,(H,22,24). The van der Waals surface area contributed by atoms with E-state index in [2.05, 4.69) is 5.32 Å². The van der Waals surface area contributed by atoms with Crippen LogP contribution in [0.25, 0.3) is 0 Å². The van der Waals surface area contributed by atoms with Crippen molar-refractivity contribution in [2.75, 3.05) is 25.1 Å². The van der Waals surface area contributed by atoms with Gasteiger partial charge in [0.15, 0.2) is 6.61 Å². The second kappa shape index (κ2) is 11.0. The summed E-state index contributed by atoms with van der Waals surface area (Å²) in [5, 5.41) is 2.57. The third-order valence-electron chi connectivity index (χ3n) is 3.96. The van der Waals surface area contributed by atoms with Crippen LogP contribution < -0.4 is 5.32 Å². The summed E-state index contributed by atoms with van der Waals surface area (Å²) in [7, 11) is 0. The molecule has 1 aromatic carbocycles. The van der Waals surface area contributed by atoms with Gasteiger partial charge in [0.1, 0.15) is 16.2 Å². The van der Waals surface area contributed by atoms with E-state index in [0.717, 1.165) is 11.3 Å². The number of carbonyl (C=O) groups is 5. The van der Waals surface area contributed by atoms with Gasteiger partial charge >= 0.3 is 17.9 Å². The fourth-order valence-corrected chi connectivity index (χ4v) is 3.62. The van der Waals surface area contributed by atoms with Gasteiger partial charge in [0.2, 0.25) is 0 Å². The molecule has 1 heterocycles. The molecule has 31 heavy (non-hydrogen) atoms. The Morgan fingerprint density at radius 2 is 1.55 bits per heavy atom. The number of nitrogens with one attached hydrogen (secondary N) is 1. The lowest BCUT2D eigenvalue weighted by Gasteiger charge is -2.08. The number of hydrogen-bond acceptors (Lipinski definition) is 9. The monoisotopic (exact) mass is 447 g/mol. The summed E-state index contributed by atoms with van der Waals surface area (Å²) in [4.78, 5) is 59.7. The molecule has 0 fully saturated rings. The number of thiophene rings is 1. The molecule has 0 bridgehead atoms. The molecule has 1 aromatic heterocycles. The Bertz CT molecular complexity index is 994. The van der Waals surface area contributed by atoms with Crippen molar-refractivity contribution in [1.29, 1.82) is 0 Å². The Kier molecular flexibility index (Phi) is 8.44. The smallest absolute Gasteiger partial charge is 0.348 e. The van der Waals surface area contributed by atoms with Gasteiger partial charge < -0.3 is 19.5 Å². The summed E-state index contributed by atoms with van der Waals surface area (Å²) in [6, 6.07) is 5.69. The molecule has 2 aromatic rings. The minimum atomic E-state index is -0.757. The number of ether oxygens (including phenoxy) is 3. The number of rotatable bonds is 9. The zero-order valence-electron chi connectivity index (χ0n) is 17.2. The third kappa shape index (κ3) is 5.98. The second-order valence-electron chi connectivity index (χ2n) is 6.07. The van der Waals surface area contributed by atoms with E-state index < -0.39 is 30.4 Å². The number of esters is 3. The average Bonchev–Trinajstić information content (AvgIpc) is 3.08. The van der Waals surface area contributed by atoms with Gasteiger partial charge in [-0.05, 0) is 38.5 Å². The normalized spacial score (nSPS) is 10.2. The number of hydrogen-bond donors (Lipinski definition) is 1. The first-order valence-electron chi connectivity index (χ1n) is 9.32. The molecule has 10 heteroatoms. The lowest BCUT2D eigenvalue weighted by Crippen LogP contribution is -2.21. The van der Waals surface area contributed by atoms with E-state index in [4.69, 9.17) is 14.2 Å². The summed E-state index contributed by atoms with van der Waals surface area (Å²) in [5.74, 6) is -2.79. The Morgan fingerprint density at radius 1 is 0.935 bits per heavy atom. The van der Waals surface area contributed by atoms with Gasteiger partial charge in [-0.2, -0.15) is 0 Å². The summed E-state index contributed by atoms with van der Waals surface area (Å²) in [6.45, 7) is 4.46. The molecule has 0 spiro atoms. The van der Waals surface area contributed by atoms with Crippen LogP contribution in [0.4, 0.5) is 5.00 Å². The fraction of sp³-hybridized carbons (Fsp3) is 0.286. The van der Waals surface area contributed by atoms with Crippen LogP contribution in [0.1, 0.15) is 60.2 Å². The van der Waals surface area contributed by atoms with Crippen LogP contribution in [-0.2, 0) is 19.0 Å². The van der Waals surface area contributed by atoms with E-state index in [0.29, 0.717) is 17.4 Å². The first kappa shape index (κ1) is 23.7. The zero-order chi connectivity index (χ0) is 23.0. The molecular formula is C21H21NO8S. The van der Waals surface area contributed by atoms with E-state index >= 15 is 0 Å². The first-order chi connectivity index (χ1) is 14.8. The number of carbonyl (C=O) groups excluding carboxylic acids is 5. The van der Waals surface area contributed by atoms with Crippen molar-refractivity contribution in [1.82, 2.24) is 0 Å². The summed E-state index contributed by atoms with van der Waals surface area (Å²) < 4.78 is 15.0. The van der Waals surface area contributed by atoms with Gasteiger partial charge in [-0.1, -0.05) is 12.1 Å². The maximum absolute atomic E-state index is 12.3. The van der Waals surface area contributed by atoms with Crippen molar-refractivity contribution in [2.24, 2.45) is 0 Å². The molecule has 0 radical (unpaired) electrons. The van der Waals surface area contributed by atoms with E-state index in [1.165, 1.54) is 24.3 Å². The molecule has 164 valence electrons. The van der Waals surface area contributed by atoms with Gasteiger partial charge in [-0.3, -0.25) is 9.59 Å². The molecule has 0 aliphatic rings. The highest BCUT2D eigenvalue weighted by Gasteiger charge is 2.27. The van der Waals surface area contributed by atoms with E-state index in [1.54, 1.807) is 20.8 Å². The highest BCUT2D eigenvalue weighted by atomic mass is 32.1. The second-order valence-corrected chi connectivity index (χ2v) is 7.09. The van der Waals surface area contributed by atoms with Crippen LogP contribution in [0, 0.1) is 6.92 Å². The largest absolute Gasteiger partial charge is 0.462 e. The molecule has 0 aliphatic carbocycles. The molecule has 0 unspecified atom stereocenters. The summed E-state index contributed by atoms with van der Waals surface area (Å²) in [5.41, 5.74) is 0.928. The quantitative estimate of drug-likeness (QED) is 0.353. The predicted octanol–water partition coefficient (Wildman–Crippen LogP) is 3.02. The van der Waals surface area contributed by atoms with Crippen molar-refractivity contribution in [3.63, 3.8) is 0 Å². The Labute approximate surface area is 182 Å². The summed E-state index contributed by atoms with van der Waals surface area (Å²) in [6.07, 6.45) is 0.636. The molecule has 1 amide bonds. The molecule has 2 rings (SSSR count).